The average Bonchev–Trinajstić information content (AvgIpc) is 2.25. The molecule has 1 saturated carbocycles. The molecule has 0 bridgehead atoms. The van der Waals surface area contributed by atoms with Crippen LogP contribution in [-0.4, -0.2) is 25.5 Å². The van der Waals surface area contributed by atoms with Gasteiger partial charge in [-0.3, -0.25) is 4.79 Å². The molecule has 16 heavy (non-hydrogen) atoms. The zero-order chi connectivity index (χ0) is 11.2. The lowest BCUT2D eigenvalue weighted by atomic mass is 9.87. The van der Waals surface area contributed by atoms with Crippen LogP contribution in [0.3, 0.4) is 0 Å². The summed E-state index contributed by atoms with van der Waals surface area (Å²) in [6.07, 6.45) is 8.87. The number of amides is 1. The molecule has 1 saturated heterocycles. The van der Waals surface area contributed by atoms with Gasteiger partial charge in [0.05, 0.1) is 0 Å². The third kappa shape index (κ3) is 3.78. The van der Waals surface area contributed by atoms with Crippen LogP contribution in [0.4, 0.5) is 0 Å². The van der Waals surface area contributed by atoms with Crippen LogP contribution >= 0.6 is 0 Å². The molecule has 1 aliphatic carbocycles. The van der Waals surface area contributed by atoms with Crippen molar-refractivity contribution in [2.45, 2.75) is 44.9 Å². The molecular weight excluding hydrogens is 200 g/mol. The monoisotopic (exact) mass is 224 g/mol. The van der Waals surface area contributed by atoms with E-state index in [0.29, 0.717) is 5.92 Å². The van der Waals surface area contributed by atoms with Crippen molar-refractivity contribution < 1.29 is 4.79 Å². The maximum atomic E-state index is 11.5. The lowest BCUT2D eigenvalue weighted by Gasteiger charge is -2.26. The molecule has 3 nitrogen and oxygen atoms in total. The van der Waals surface area contributed by atoms with Crippen molar-refractivity contribution in [2.75, 3.05) is 19.6 Å². The maximum Gasteiger partial charge on any atom is 0.220 e. The van der Waals surface area contributed by atoms with Crippen molar-refractivity contribution in [1.82, 2.24) is 10.6 Å². The summed E-state index contributed by atoms with van der Waals surface area (Å²) < 4.78 is 0. The SMILES string of the molecule is O=C(CC1CNC1)NCCC1CCCCC1. The Kier molecular flexibility index (Phi) is 4.64. The molecule has 0 unspecified atom stereocenters. The third-order valence-corrected chi connectivity index (χ3v) is 3.94. The van der Waals surface area contributed by atoms with E-state index in [4.69, 9.17) is 0 Å². The van der Waals surface area contributed by atoms with Gasteiger partial charge in [0.1, 0.15) is 0 Å². The van der Waals surface area contributed by atoms with Crippen molar-refractivity contribution in [3.8, 4) is 0 Å². The minimum Gasteiger partial charge on any atom is -0.356 e. The molecule has 2 N–H and O–H groups in total. The molecule has 1 heterocycles. The number of hydrogen-bond donors (Lipinski definition) is 2. The van der Waals surface area contributed by atoms with Gasteiger partial charge in [0.25, 0.3) is 0 Å². The van der Waals surface area contributed by atoms with Crippen LogP contribution < -0.4 is 10.6 Å². The van der Waals surface area contributed by atoms with E-state index in [1.165, 1.54) is 38.5 Å². The van der Waals surface area contributed by atoms with Gasteiger partial charge in [-0.05, 0) is 31.3 Å². The van der Waals surface area contributed by atoms with E-state index in [9.17, 15) is 4.79 Å². The van der Waals surface area contributed by atoms with E-state index in [1.807, 2.05) is 0 Å². The minimum atomic E-state index is 0.252. The van der Waals surface area contributed by atoms with Crippen LogP contribution in [0.1, 0.15) is 44.9 Å². The molecule has 0 radical (unpaired) electrons. The summed E-state index contributed by atoms with van der Waals surface area (Å²) in [7, 11) is 0. The molecule has 2 fully saturated rings. The number of carbonyl (C=O) groups excluding carboxylic acids is 1. The van der Waals surface area contributed by atoms with E-state index in [1.54, 1.807) is 0 Å². The summed E-state index contributed by atoms with van der Waals surface area (Å²) >= 11 is 0. The Hall–Kier alpha value is -0.570. The Balaban J connectivity index is 1.51. The molecule has 0 atom stereocenters. The first kappa shape index (κ1) is 11.9. The highest BCUT2D eigenvalue weighted by molar-refractivity contribution is 5.76. The second-order valence-electron chi connectivity index (χ2n) is 5.37. The van der Waals surface area contributed by atoms with Gasteiger partial charge in [-0.2, -0.15) is 0 Å². The highest BCUT2D eigenvalue weighted by atomic mass is 16.1. The summed E-state index contributed by atoms with van der Waals surface area (Å²) in [6.45, 7) is 2.94. The van der Waals surface area contributed by atoms with Gasteiger partial charge in [-0.25, -0.2) is 0 Å². The predicted molar refractivity (Wildman–Crippen MR) is 65.2 cm³/mol. The topological polar surface area (TPSA) is 41.1 Å². The molecule has 1 amide bonds. The maximum absolute atomic E-state index is 11.5. The van der Waals surface area contributed by atoms with Crippen molar-refractivity contribution in [3.05, 3.63) is 0 Å². The first-order valence-electron chi connectivity index (χ1n) is 6.82. The molecule has 2 rings (SSSR count). The zero-order valence-electron chi connectivity index (χ0n) is 10.1. The van der Waals surface area contributed by atoms with E-state index in [2.05, 4.69) is 10.6 Å². The number of nitrogens with one attached hydrogen (secondary N) is 2. The van der Waals surface area contributed by atoms with Crippen LogP contribution in [0.5, 0.6) is 0 Å². The van der Waals surface area contributed by atoms with E-state index < -0.39 is 0 Å². The number of hydrogen-bond acceptors (Lipinski definition) is 2. The lowest BCUT2D eigenvalue weighted by molar-refractivity contribution is -0.122. The Bertz CT molecular complexity index is 220. The first-order chi connectivity index (χ1) is 7.84. The smallest absolute Gasteiger partial charge is 0.220 e. The van der Waals surface area contributed by atoms with Crippen molar-refractivity contribution >= 4 is 5.91 Å². The lowest BCUT2D eigenvalue weighted by Crippen LogP contribution is -2.44. The molecule has 0 aromatic carbocycles. The van der Waals surface area contributed by atoms with Crippen molar-refractivity contribution in [2.24, 2.45) is 11.8 Å². The fourth-order valence-electron chi connectivity index (χ4n) is 2.72. The van der Waals surface area contributed by atoms with Crippen LogP contribution in [0.2, 0.25) is 0 Å². The standard InChI is InChI=1S/C13H24N2O/c16-13(8-12-9-14-10-12)15-7-6-11-4-2-1-3-5-11/h11-12,14H,1-10H2,(H,15,16). The van der Waals surface area contributed by atoms with Crippen molar-refractivity contribution in [3.63, 3.8) is 0 Å². The van der Waals surface area contributed by atoms with Gasteiger partial charge in [-0.1, -0.05) is 32.1 Å². The third-order valence-electron chi connectivity index (χ3n) is 3.94. The normalized spacial score (nSPS) is 22.8. The Labute approximate surface area is 98.4 Å². The fourth-order valence-corrected chi connectivity index (χ4v) is 2.72. The van der Waals surface area contributed by atoms with Gasteiger partial charge in [0.15, 0.2) is 0 Å². The second kappa shape index (κ2) is 6.24. The van der Waals surface area contributed by atoms with Crippen LogP contribution in [0, 0.1) is 11.8 Å². The summed E-state index contributed by atoms with van der Waals surface area (Å²) in [5, 5.41) is 6.26. The van der Waals surface area contributed by atoms with Crippen LogP contribution in [0.25, 0.3) is 0 Å². The summed E-state index contributed by atoms with van der Waals surface area (Å²) in [4.78, 5) is 11.5. The minimum absolute atomic E-state index is 0.252. The summed E-state index contributed by atoms with van der Waals surface area (Å²) in [6, 6.07) is 0. The van der Waals surface area contributed by atoms with Crippen LogP contribution in [-0.2, 0) is 4.79 Å². The summed E-state index contributed by atoms with van der Waals surface area (Å²) in [5.74, 6) is 1.72. The Morgan fingerprint density at radius 1 is 1.12 bits per heavy atom. The largest absolute Gasteiger partial charge is 0.356 e. The van der Waals surface area contributed by atoms with E-state index >= 15 is 0 Å². The molecule has 0 aromatic rings. The Morgan fingerprint density at radius 2 is 1.88 bits per heavy atom. The molecular formula is C13H24N2O. The molecule has 3 heteroatoms. The van der Waals surface area contributed by atoms with Gasteiger partial charge in [0, 0.05) is 13.0 Å². The van der Waals surface area contributed by atoms with Crippen LogP contribution in [0.15, 0.2) is 0 Å². The number of rotatable bonds is 5. The van der Waals surface area contributed by atoms with Gasteiger partial charge < -0.3 is 10.6 Å². The van der Waals surface area contributed by atoms with Gasteiger partial charge >= 0.3 is 0 Å². The highest BCUT2D eigenvalue weighted by Gasteiger charge is 2.20. The summed E-state index contributed by atoms with van der Waals surface area (Å²) in [5.41, 5.74) is 0. The van der Waals surface area contributed by atoms with Crippen molar-refractivity contribution in [1.29, 1.82) is 0 Å². The Morgan fingerprint density at radius 3 is 2.50 bits per heavy atom. The first-order valence-corrected chi connectivity index (χ1v) is 6.82. The fraction of sp³-hybridized carbons (Fsp3) is 0.923. The molecule has 2 aliphatic rings. The molecule has 1 aliphatic heterocycles. The zero-order valence-corrected chi connectivity index (χ0v) is 10.1. The van der Waals surface area contributed by atoms with Gasteiger partial charge in [0.2, 0.25) is 5.91 Å². The van der Waals surface area contributed by atoms with E-state index in [0.717, 1.165) is 32.0 Å². The molecule has 92 valence electrons. The van der Waals surface area contributed by atoms with Gasteiger partial charge in [-0.15, -0.1) is 0 Å². The second-order valence-corrected chi connectivity index (χ2v) is 5.37. The average molecular weight is 224 g/mol. The van der Waals surface area contributed by atoms with E-state index in [-0.39, 0.29) is 5.91 Å². The molecule has 0 aromatic heterocycles. The highest BCUT2D eigenvalue weighted by Crippen LogP contribution is 2.25. The number of carbonyl (C=O) groups is 1. The predicted octanol–water partition coefficient (Wildman–Crippen LogP) is 1.68. The molecule has 0 spiro atoms. The quantitative estimate of drug-likeness (QED) is 0.746.